The number of hydrogen-bond acceptors (Lipinski definition) is 5. The van der Waals surface area contributed by atoms with Crippen molar-refractivity contribution in [2.24, 2.45) is 0 Å². The van der Waals surface area contributed by atoms with Gasteiger partial charge in [0, 0.05) is 35.9 Å². The van der Waals surface area contributed by atoms with E-state index in [1.165, 1.54) is 11.3 Å². The average Bonchev–Trinajstić information content (AvgIpc) is 3.50. The van der Waals surface area contributed by atoms with Crippen molar-refractivity contribution in [3.8, 4) is 0 Å². The monoisotopic (exact) mass is 469 g/mol. The second-order valence-electron chi connectivity index (χ2n) is 8.39. The lowest BCUT2D eigenvalue weighted by molar-refractivity contribution is 0.0955. The molecule has 1 atom stereocenters. The standard InChI is InChI=1S/C27H27N5OS/c1-3-13-32(18(2)26-30-22-8-4-5-9-23(22)31-26)21-10-11-24-20(14-21)15-25(34-24)27(33)29-17-19-7-6-12-28-16-19/h4-12,14-16,18H,3,13,17H2,1-2H3,(H,29,33)(H,30,31). The highest BCUT2D eigenvalue weighted by molar-refractivity contribution is 7.20. The number of aromatic amines is 1. The number of H-pyrrole nitrogens is 1. The minimum Gasteiger partial charge on any atom is -0.362 e. The Labute approximate surface area is 202 Å². The Hall–Kier alpha value is -3.71. The van der Waals surface area contributed by atoms with Crippen LogP contribution < -0.4 is 10.2 Å². The first-order valence-electron chi connectivity index (χ1n) is 11.5. The molecule has 3 aromatic heterocycles. The highest BCUT2D eigenvalue weighted by Gasteiger charge is 2.20. The van der Waals surface area contributed by atoms with E-state index in [0.717, 1.165) is 51.2 Å². The van der Waals surface area contributed by atoms with Gasteiger partial charge in [-0.05, 0) is 66.8 Å². The van der Waals surface area contributed by atoms with E-state index in [1.807, 2.05) is 36.4 Å². The molecule has 0 saturated heterocycles. The predicted octanol–water partition coefficient (Wildman–Crippen LogP) is 6.08. The first-order valence-corrected chi connectivity index (χ1v) is 12.4. The smallest absolute Gasteiger partial charge is 0.261 e. The zero-order valence-electron chi connectivity index (χ0n) is 19.3. The number of carbonyl (C=O) groups is 1. The lowest BCUT2D eigenvalue weighted by Gasteiger charge is -2.30. The van der Waals surface area contributed by atoms with E-state index in [2.05, 4.69) is 58.3 Å². The van der Waals surface area contributed by atoms with Crippen LogP contribution in [0.3, 0.4) is 0 Å². The first-order chi connectivity index (χ1) is 16.6. The van der Waals surface area contributed by atoms with E-state index in [9.17, 15) is 4.79 Å². The number of para-hydroxylation sites is 2. The maximum absolute atomic E-state index is 12.7. The minimum absolute atomic E-state index is 0.0624. The molecule has 2 N–H and O–H groups in total. The number of pyridine rings is 1. The third-order valence-corrected chi connectivity index (χ3v) is 7.08. The number of anilines is 1. The van der Waals surface area contributed by atoms with Crippen molar-refractivity contribution in [1.29, 1.82) is 0 Å². The topological polar surface area (TPSA) is 73.9 Å². The van der Waals surface area contributed by atoms with Crippen LogP contribution in [0, 0.1) is 0 Å². The number of thiophene rings is 1. The Morgan fingerprint density at radius 3 is 2.82 bits per heavy atom. The van der Waals surface area contributed by atoms with E-state index in [0.29, 0.717) is 11.4 Å². The Morgan fingerprint density at radius 1 is 1.15 bits per heavy atom. The van der Waals surface area contributed by atoms with Crippen molar-refractivity contribution in [3.63, 3.8) is 0 Å². The van der Waals surface area contributed by atoms with Crippen molar-refractivity contribution in [3.05, 3.63) is 89.3 Å². The van der Waals surface area contributed by atoms with Gasteiger partial charge in [0.25, 0.3) is 5.91 Å². The van der Waals surface area contributed by atoms with Crippen molar-refractivity contribution in [2.75, 3.05) is 11.4 Å². The molecule has 0 aliphatic rings. The van der Waals surface area contributed by atoms with Crippen LogP contribution >= 0.6 is 11.3 Å². The number of imidazole rings is 1. The van der Waals surface area contributed by atoms with Crippen LogP contribution in [0.1, 0.15) is 47.4 Å². The van der Waals surface area contributed by atoms with E-state index in [4.69, 9.17) is 4.98 Å². The Kier molecular flexibility index (Phi) is 6.27. The van der Waals surface area contributed by atoms with Gasteiger partial charge in [-0.15, -0.1) is 11.3 Å². The van der Waals surface area contributed by atoms with E-state index in [1.54, 1.807) is 12.4 Å². The number of aromatic nitrogens is 3. The molecule has 1 amide bonds. The molecule has 34 heavy (non-hydrogen) atoms. The first kappa shape index (κ1) is 22.1. The number of nitrogens with one attached hydrogen (secondary N) is 2. The summed E-state index contributed by atoms with van der Waals surface area (Å²) in [4.78, 5) is 28.2. The molecular formula is C27H27N5OS. The lowest BCUT2D eigenvalue weighted by atomic mass is 10.1. The number of carbonyl (C=O) groups excluding carboxylic acids is 1. The van der Waals surface area contributed by atoms with Crippen LogP contribution in [0.15, 0.2) is 73.1 Å². The Bertz CT molecular complexity index is 1390. The fourth-order valence-corrected chi connectivity index (χ4v) is 5.16. The number of benzene rings is 2. The fraction of sp³-hybridized carbons (Fsp3) is 0.222. The molecule has 0 bridgehead atoms. The van der Waals surface area contributed by atoms with Crippen LogP contribution in [0.2, 0.25) is 0 Å². The molecule has 7 heteroatoms. The largest absolute Gasteiger partial charge is 0.362 e. The molecule has 6 nitrogen and oxygen atoms in total. The molecule has 172 valence electrons. The number of rotatable bonds is 8. The molecule has 1 unspecified atom stereocenters. The zero-order chi connectivity index (χ0) is 23.5. The third kappa shape index (κ3) is 4.52. The van der Waals surface area contributed by atoms with Gasteiger partial charge in [0.2, 0.25) is 0 Å². The van der Waals surface area contributed by atoms with Gasteiger partial charge in [0.05, 0.1) is 22.0 Å². The van der Waals surface area contributed by atoms with Gasteiger partial charge >= 0.3 is 0 Å². The summed E-state index contributed by atoms with van der Waals surface area (Å²) in [5.74, 6) is 0.892. The van der Waals surface area contributed by atoms with Gasteiger partial charge in [-0.3, -0.25) is 9.78 Å². The summed E-state index contributed by atoms with van der Waals surface area (Å²) in [6.07, 6.45) is 4.52. The second-order valence-corrected chi connectivity index (χ2v) is 9.47. The van der Waals surface area contributed by atoms with E-state index >= 15 is 0 Å². The predicted molar refractivity (Wildman–Crippen MR) is 139 cm³/mol. The molecule has 0 aliphatic carbocycles. The quantitative estimate of drug-likeness (QED) is 0.289. The van der Waals surface area contributed by atoms with Gasteiger partial charge in [-0.2, -0.15) is 0 Å². The maximum Gasteiger partial charge on any atom is 0.261 e. The van der Waals surface area contributed by atoms with Crippen LogP contribution in [-0.4, -0.2) is 27.4 Å². The molecule has 0 saturated carbocycles. The number of amides is 1. The highest BCUT2D eigenvalue weighted by atomic mass is 32.1. The van der Waals surface area contributed by atoms with Gasteiger partial charge in [-0.1, -0.05) is 25.1 Å². The van der Waals surface area contributed by atoms with Crippen molar-refractivity contribution < 1.29 is 4.79 Å². The van der Waals surface area contributed by atoms with Crippen LogP contribution in [0.4, 0.5) is 5.69 Å². The molecule has 0 aliphatic heterocycles. The summed E-state index contributed by atoms with van der Waals surface area (Å²) in [6, 6.07) is 20.5. The van der Waals surface area contributed by atoms with Crippen molar-refractivity contribution in [1.82, 2.24) is 20.3 Å². The number of hydrogen-bond donors (Lipinski definition) is 2. The van der Waals surface area contributed by atoms with Crippen molar-refractivity contribution in [2.45, 2.75) is 32.9 Å². The van der Waals surface area contributed by atoms with Gasteiger partial charge in [0.15, 0.2) is 0 Å². The number of fused-ring (bicyclic) bond motifs is 2. The molecule has 0 fully saturated rings. The minimum atomic E-state index is -0.0624. The molecule has 5 aromatic rings. The van der Waals surface area contributed by atoms with Crippen LogP contribution in [-0.2, 0) is 6.54 Å². The fourth-order valence-electron chi connectivity index (χ4n) is 4.20. The van der Waals surface area contributed by atoms with Gasteiger partial charge in [-0.25, -0.2) is 4.98 Å². The molecule has 0 radical (unpaired) electrons. The summed E-state index contributed by atoms with van der Waals surface area (Å²) in [7, 11) is 0. The van der Waals surface area contributed by atoms with Crippen LogP contribution in [0.5, 0.6) is 0 Å². The molecular weight excluding hydrogens is 442 g/mol. The lowest BCUT2D eigenvalue weighted by Crippen LogP contribution is -2.28. The normalized spacial score (nSPS) is 12.2. The van der Waals surface area contributed by atoms with Crippen LogP contribution in [0.25, 0.3) is 21.1 Å². The molecule has 2 aromatic carbocycles. The average molecular weight is 470 g/mol. The zero-order valence-corrected chi connectivity index (χ0v) is 20.1. The second kappa shape index (κ2) is 9.65. The summed E-state index contributed by atoms with van der Waals surface area (Å²) >= 11 is 1.52. The SMILES string of the molecule is CCCN(c1ccc2sc(C(=O)NCc3cccnc3)cc2c1)C(C)c1nc2ccccc2[nH]1. The highest BCUT2D eigenvalue weighted by Crippen LogP contribution is 2.33. The molecule has 0 spiro atoms. The summed E-state index contributed by atoms with van der Waals surface area (Å²) in [6.45, 7) is 5.74. The molecule has 5 rings (SSSR count). The van der Waals surface area contributed by atoms with Crippen molar-refractivity contribution >= 4 is 44.1 Å². The van der Waals surface area contributed by atoms with Gasteiger partial charge < -0.3 is 15.2 Å². The Morgan fingerprint density at radius 2 is 2.03 bits per heavy atom. The third-order valence-electron chi connectivity index (χ3n) is 5.97. The number of nitrogens with zero attached hydrogens (tertiary/aromatic N) is 3. The molecule has 3 heterocycles. The summed E-state index contributed by atoms with van der Waals surface area (Å²) < 4.78 is 1.10. The summed E-state index contributed by atoms with van der Waals surface area (Å²) in [5, 5.41) is 4.07. The van der Waals surface area contributed by atoms with Gasteiger partial charge in [0.1, 0.15) is 5.82 Å². The maximum atomic E-state index is 12.7. The Balaban J connectivity index is 1.38. The van der Waals surface area contributed by atoms with E-state index < -0.39 is 0 Å². The summed E-state index contributed by atoms with van der Waals surface area (Å²) in [5.41, 5.74) is 4.14. The van der Waals surface area contributed by atoms with E-state index in [-0.39, 0.29) is 11.9 Å².